The van der Waals surface area contributed by atoms with Crippen molar-refractivity contribution in [2.45, 2.75) is 51.1 Å². The summed E-state index contributed by atoms with van der Waals surface area (Å²) in [6.45, 7) is 3.72. The first-order valence-electron chi connectivity index (χ1n) is 8.41. The van der Waals surface area contributed by atoms with E-state index >= 15 is 0 Å². The van der Waals surface area contributed by atoms with Crippen LogP contribution in [0.15, 0.2) is 24.3 Å². The van der Waals surface area contributed by atoms with E-state index in [1.807, 2.05) is 17.9 Å². The predicted octanol–water partition coefficient (Wildman–Crippen LogP) is 2.75. The monoisotopic (exact) mass is 304 g/mol. The van der Waals surface area contributed by atoms with Gasteiger partial charge in [0, 0.05) is 31.1 Å². The number of benzene rings is 1. The first-order chi connectivity index (χ1) is 10.6. The van der Waals surface area contributed by atoms with Crippen molar-refractivity contribution in [3.63, 3.8) is 0 Å². The molecular weight excluding hydrogens is 279 g/mol. The number of hydrogen-bond acceptors (Lipinski definition) is 2. The molecular formula is C18H25FN2O. The molecule has 2 bridgehead atoms. The number of carbonyl (C=O) groups is 1. The highest BCUT2D eigenvalue weighted by molar-refractivity contribution is 5.78. The second-order valence-electron chi connectivity index (χ2n) is 6.78. The summed E-state index contributed by atoms with van der Waals surface area (Å²) in [6, 6.07) is 7.75. The van der Waals surface area contributed by atoms with Gasteiger partial charge in [0.15, 0.2) is 0 Å². The summed E-state index contributed by atoms with van der Waals surface area (Å²) in [7, 11) is 0. The number of halogens is 1. The summed E-state index contributed by atoms with van der Waals surface area (Å²) in [5.41, 5.74) is 0.969. The average molecular weight is 304 g/mol. The molecule has 3 unspecified atom stereocenters. The first kappa shape index (κ1) is 15.5. The van der Waals surface area contributed by atoms with E-state index in [0.717, 1.165) is 37.9 Å². The Labute approximate surface area is 131 Å². The lowest BCUT2D eigenvalue weighted by molar-refractivity contribution is -0.135. The van der Waals surface area contributed by atoms with Gasteiger partial charge in [-0.1, -0.05) is 19.1 Å². The fraction of sp³-hybridized carbons (Fsp3) is 0.611. The molecule has 0 aliphatic carbocycles. The molecule has 0 spiro atoms. The number of aryl methyl sites for hydroxylation is 1. The second-order valence-corrected chi connectivity index (χ2v) is 6.78. The SMILES string of the molecule is CC(CCc1cccc(F)c1)C(=O)N1CCC2CCC(C1)N2. The molecule has 2 aliphatic heterocycles. The van der Waals surface area contributed by atoms with Gasteiger partial charge < -0.3 is 10.2 Å². The number of rotatable bonds is 4. The minimum absolute atomic E-state index is 0.0000983. The van der Waals surface area contributed by atoms with Crippen LogP contribution in [-0.4, -0.2) is 36.0 Å². The lowest BCUT2D eigenvalue weighted by Gasteiger charge is -2.27. The molecule has 0 saturated carbocycles. The highest BCUT2D eigenvalue weighted by Crippen LogP contribution is 2.22. The maximum atomic E-state index is 13.2. The van der Waals surface area contributed by atoms with Gasteiger partial charge in [-0.3, -0.25) is 4.79 Å². The highest BCUT2D eigenvalue weighted by atomic mass is 19.1. The van der Waals surface area contributed by atoms with E-state index in [9.17, 15) is 9.18 Å². The number of fused-ring (bicyclic) bond motifs is 2. The van der Waals surface area contributed by atoms with Gasteiger partial charge in [0.1, 0.15) is 5.82 Å². The van der Waals surface area contributed by atoms with Gasteiger partial charge in [0.25, 0.3) is 0 Å². The Morgan fingerprint density at radius 2 is 2.18 bits per heavy atom. The molecule has 2 heterocycles. The molecule has 2 aliphatic rings. The summed E-state index contributed by atoms with van der Waals surface area (Å²) >= 11 is 0. The van der Waals surface area contributed by atoms with E-state index in [0.29, 0.717) is 12.1 Å². The van der Waals surface area contributed by atoms with Crippen molar-refractivity contribution in [3.8, 4) is 0 Å². The molecule has 22 heavy (non-hydrogen) atoms. The van der Waals surface area contributed by atoms with E-state index in [2.05, 4.69) is 5.32 Å². The Morgan fingerprint density at radius 1 is 1.36 bits per heavy atom. The van der Waals surface area contributed by atoms with Crippen LogP contribution in [0.25, 0.3) is 0 Å². The van der Waals surface area contributed by atoms with Crippen LogP contribution in [0.1, 0.15) is 38.2 Å². The zero-order chi connectivity index (χ0) is 15.5. The number of hydrogen-bond donors (Lipinski definition) is 1. The molecule has 2 saturated heterocycles. The fourth-order valence-electron chi connectivity index (χ4n) is 3.65. The van der Waals surface area contributed by atoms with Gasteiger partial charge in [-0.25, -0.2) is 4.39 Å². The third-order valence-electron chi connectivity index (χ3n) is 5.01. The smallest absolute Gasteiger partial charge is 0.225 e. The molecule has 1 aromatic carbocycles. The van der Waals surface area contributed by atoms with E-state index in [4.69, 9.17) is 0 Å². The van der Waals surface area contributed by atoms with Crippen molar-refractivity contribution in [2.75, 3.05) is 13.1 Å². The number of likely N-dealkylation sites (tertiary alicyclic amines) is 1. The molecule has 0 radical (unpaired) electrons. The topological polar surface area (TPSA) is 32.3 Å². The molecule has 120 valence electrons. The summed E-state index contributed by atoms with van der Waals surface area (Å²) in [6.07, 6.45) is 5.04. The highest BCUT2D eigenvalue weighted by Gasteiger charge is 2.32. The van der Waals surface area contributed by atoms with Crippen molar-refractivity contribution in [3.05, 3.63) is 35.6 Å². The summed E-state index contributed by atoms with van der Waals surface area (Å²) in [5.74, 6) is 0.0525. The van der Waals surface area contributed by atoms with Crippen LogP contribution in [0.5, 0.6) is 0 Å². The zero-order valence-corrected chi connectivity index (χ0v) is 13.2. The molecule has 4 heteroatoms. The van der Waals surface area contributed by atoms with E-state index in [1.54, 1.807) is 12.1 Å². The van der Waals surface area contributed by atoms with Crippen LogP contribution in [0, 0.1) is 11.7 Å². The molecule has 1 aromatic rings. The molecule has 3 rings (SSSR count). The van der Waals surface area contributed by atoms with Gasteiger partial charge in [-0.05, 0) is 49.8 Å². The number of carbonyl (C=O) groups excluding carboxylic acids is 1. The maximum absolute atomic E-state index is 13.2. The van der Waals surface area contributed by atoms with Crippen molar-refractivity contribution in [1.82, 2.24) is 10.2 Å². The quantitative estimate of drug-likeness (QED) is 0.927. The van der Waals surface area contributed by atoms with Gasteiger partial charge in [-0.2, -0.15) is 0 Å². The molecule has 0 aromatic heterocycles. The second kappa shape index (κ2) is 6.78. The molecule has 3 nitrogen and oxygen atoms in total. The van der Waals surface area contributed by atoms with Gasteiger partial charge in [-0.15, -0.1) is 0 Å². The third kappa shape index (κ3) is 3.67. The number of nitrogens with one attached hydrogen (secondary N) is 1. The van der Waals surface area contributed by atoms with Gasteiger partial charge >= 0.3 is 0 Å². The molecule has 2 fully saturated rings. The summed E-state index contributed by atoms with van der Waals surface area (Å²) < 4.78 is 13.2. The maximum Gasteiger partial charge on any atom is 0.225 e. The normalized spacial score (nSPS) is 25.8. The largest absolute Gasteiger partial charge is 0.341 e. The van der Waals surface area contributed by atoms with Crippen LogP contribution < -0.4 is 5.32 Å². The molecule has 1 N–H and O–H groups in total. The van der Waals surface area contributed by atoms with Crippen molar-refractivity contribution < 1.29 is 9.18 Å². The van der Waals surface area contributed by atoms with Crippen molar-refractivity contribution in [2.24, 2.45) is 5.92 Å². The Morgan fingerprint density at radius 3 is 3.00 bits per heavy atom. The predicted molar refractivity (Wildman–Crippen MR) is 85.0 cm³/mol. The minimum Gasteiger partial charge on any atom is -0.341 e. The Kier molecular flexibility index (Phi) is 4.77. The van der Waals surface area contributed by atoms with E-state index in [-0.39, 0.29) is 17.6 Å². The van der Waals surface area contributed by atoms with Gasteiger partial charge in [0.2, 0.25) is 5.91 Å². The van der Waals surface area contributed by atoms with Crippen molar-refractivity contribution in [1.29, 1.82) is 0 Å². The Hall–Kier alpha value is -1.42. The summed E-state index contributed by atoms with van der Waals surface area (Å²) in [5, 5.41) is 3.61. The Balaban J connectivity index is 1.53. The molecule has 3 atom stereocenters. The fourth-order valence-corrected chi connectivity index (χ4v) is 3.65. The van der Waals surface area contributed by atoms with Crippen LogP contribution in [0.3, 0.4) is 0 Å². The minimum atomic E-state index is -0.203. The zero-order valence-electron chi connectivity index (χ0n) is 13.2. The van der Waals surface area contributed by atoms with E-state index in [1.165, 1.54) is 18.9 Å². The Bertz CT molecular complexity index is 534. The van der Waals surface area contributed by atoms with Crippen molar-refractivity contribution >= 4 is 5.91 Å². The van der Waals surface area contributed by atoms with Crippen LogP contribution in [-0.2, 0) is 11.2 Å². The number of amides is 1. The lowest BCUT2D eigenvalue weighted by atomic mass is 9.99. The van der Waals surface area contributed by atoms with Crippen LogP contribution in [0.2, 0.25) is 0 Å². The molecule has 1 amide bonds. The third-order valence-corrected chi connectivity index (χ3v) is 5.01. The van der Waals surface area contributed by atoms with Crippen LogP contribution >= 0.6 is 0 Å². The first-order valence-corrected chi connectivity index (χ1v) is 8.41. The average Bonchev–Trinajstić information content (AvgIpc) is 2.83. The van der Waals surface area contributed by atoms with Crippen LogP contribution in [0.4, 0.5) is 4.39 Å². The number of nitrogens with zero attached hydrogens (tertiary/aromatic N) is 1. The lowest BCUT2D eigenvalue weighted by Crippen LogP contribution is -2.41. The van der Waals surface area contributed by atoms with Gasteiger partial charge in [0.05, 0.1) is 0 Å². The summed E-state index contributed by atoms with van der Waals surface area (Å²) in [4.78, 5) is 14.7. The van der Waals surface area contributed by atoms with E-state index < -0.39 is 0 Å². The standard InChI is InChI=1S/C18H25FN2O/c1-13(5-6-14-3-2-4-15(19)11-14)18(22)21-10-9-16-7-8-17(12-21)20-16/h2-4,11,13,16-17,20H,5-10,12H2,1H3.